The Labute approximate surface area is 131 Å². The summed E-state index contributed by atoms with van der Waals surface area (Å²) in [6.07, 6.45) is 2.68. The molecule has 1 fully saturated rings. The minimum atomic E-state index is 0.376. The van der Waals surface area contributed by atoms with Crippen LogP contribution in [-0.2, 0) is 0 Å². The van der Waals surface area contributed by atoms with Crippen molar-refractivity contribution in [2.75, 3.05) is 31.5 Å². The number of benzene rings is 1. The van der Waals surface area contributed by atoms with E-state index in [1.54, 1.807) is 0 Å². The van der Waals surface area contributed by atoms with E-state index in [1.165, 1.54) is 25.9 Å². The van der Waals surface area contributed by atoms with Gasteiger partial charge in [0.05, 0.1) is 10.7 Å². The molecular weight excluding hydrogens is 290 g/mol. The summed E-state index contributed by atoms with van der Waals surface area (Å²) in [7, 11) is 0. The number of nitrogens with one attached hydrogen (secondary N) is 1. The molecular formula is C15H22ClN3S. The summed E-state index contributed by atoms with van der Waals surface area (Å²) in [5.41, 5.74) is 7.34. The lowest BCUT2D eigenvalue weighted by Crippen LogP contribution is -2.28. The van der Waals surface area contributed by atoms with E-state index in [0.717, 1.165) is 24.3 Å². The van der Waals surface area contributed by atoms with Gasteiger partial charge in [0, 0.05) is 18.7 Å². The predicted molar refractivity (Wildman–Crippen MR) is 90.7 cm³/mol. The third-order valence-electron chi connectivity index (χ3n) is 3.66. The third kappa shape index (κ3) is 4.33. The topological polar surface area (TPSA) is 41.3 Å². The maximum absolute atomic E-state index is 6.24. The second-order valence-electron chi connectivity index (χ2n) is 5.55. The Morgan fingerprint density at radius 3 is 2.75 bits per heavy atom. The first-order valence-corrected chi connectivity index (χ1v) is 7.90. The maximum atomic E-state index is 6.24. The largest absolute Gasteiger partial charge is 0.389 e. The Kier molecular flexibility index (Phi) is 5.64. The van der Waals surface area contributed by atoms with Crippen LogP contribution in [-0.4, -0.2) is 36.1 Å². The van der Waals surface area contributed by atoms with Gasteiger partial charge in [-0.25, -0.2) is 0 Å². The summed E-state index contributed by atoms with van der Waals surface area (Å²) in [6.45, 7) is 6.82. The van der Waals surface area contributed by atoms with Crippen molar-refractivity contribution in [3.05, 3.63) is 28.8 Å². The van der Waals surface area contributed by atoms with Crippen LogP contribution in [0.1, 0.15) is 25.3 Å². The van der Waals surface area contributed by atoms with Crippen LogP contribution >= 0.6 is 23.8 Å². The van der Waals surface area contributed by atoms with E-state index in [9.17, 15) is 0 Å². The molecule has 1 aromatic carbocycles. The van der Waals surface area contributed by atoms with Crippen LogP contribution in [0.2, 0.25) is 5.02 Å². The van der Waals surface area contributed by atoms with Crippen molar-refractivity contribution in [3.63, 3.8) is 0 Å². The molecule has 0 bridgehead atoms. The van der Waals surface area contributed by atoms with Gasteiger partial charge in [-0.3, -0.25) is 0 Å². The number of nitrogens with zero attached hydrogens (tertiary/aromatic N) is 1. The Balaban J connectivity index is 1.85. The van der Waals surface area contributed by atoms with E-state index in [4.69, 9.17) is 29.6 Å². The molecule has 1 aliphatic rings. The summed E-state index contributed by atoms with van der Waals surface area (Å²) in [5, 5.41) is 4.08. The van der Waals surface area contributed by atoms with Gasteiger partial charge in [-0.15, -0.1) is 0 Å². The minimum absolute atomic E-state index is 0.376. The zero-order valence-electron chi connectivity index (χ0n) is 11.9. The smallest absolute Gasteiger partial charge is 0.104 e. The quantitative estimate of drug-likeness (QED) is 0.792. The van der Waals surface area contributed by atoms with E-state index in [-0.39, 0.29) is 0 Å². The van der Waals surface area contributed by atoms with Gasteiger partial charge in [-0.1, -0.05) is 30.7 Å². The Bertz CT molecular complexity index is 472. The molecule has 0 radical (unpaired) electrons. The van der Waals surface area contributed by atoms with Crippen LogP contribution in [0.5, 0.6) is 0 Å². The first kappa shape index (κ1) is 15.5. The fourth-order valence-electron chi connectivity index (χ4n) is 2.57. The Morgan fingerprint density at radius 2 is 2.15 bits per heavy atom. The fourth-order valence-corrected chi connectivity index (χ4v) is 2.94. The summed E-state index contributed by atoms with van der Waals surface area (Å²) < 4.78 is 0. The molecule has 0 aliphatic carbocycles. The van der Waals surface area contributed by atoms with Gasteiger partial charge < -0.3 is 16.0 Å². The monoisotopic (exact) mass is 311 g/mol. The van der Waals surface area contributed by atoms with Crippen LogP contribution in [0.25, 0.3) is 0 Å². The van der Waals surface area contributed by atoms with Gasteiger partial charge in [0.1, 0.15) is 4.99 Å². The van der Waals surface area contributed by atoms with E-state index in [1.807, 2.05) is 18.2 Å². The lowest BCUT2D eigenvalue weighted by molar-refractivity contribution is 0.294. The lowest BCUT2D eigenvalue weighted by Gasteiger charge is -2.21. The van der Waals surface area contributed by atoms with Crippen molar-refractivity contribution in [2.24, 2.45) is 11.7 Å². The number of anilines is 1. The molecule has 1 saturated heterocycles. The SMILES string of the molecule is CC(CNc1ccc(C(N)=S)cc1Cl)CN1CCCC1. The highest BCUT2D eigenvalue weighted by molar-refractivity contribution is 7.80. The van der Waals surface area contributed by atoms with Gasteiger partial charge in [-0.05, 0) is 50.0 Å². The average Bonchev–Trinajstić information content (AvgIpc) is 2.90. The van der Waals surface area contributed by atoms with Crippen LogP contribution < -0.4 is 11.1 Å². The molecule has 2 rings (SSSR count). The van der Waals surface area contributed by atoms with Crippen molar-refractivity contribution in [1.29, 1.82) is 0 Å². The summed E-state index contributed by atoms with van der Waals surface area (Å²) in [6, 6.07) is 5.67. The lowest BCUT2D eigenvalue weighted by atomic mass is 10.1. The van der Waals surface area contributed by atoms with Gasteiger partial charge in [-0.2, -0.15) is 0 Å². The zero-order chi connectivity index (χ0) is 14.5. The Hall–Kier alpha value is -0.840. The number of halogens is 1. The number of hydrogen-bond acceptors (Lipinski definition) is 3. The van der Waals surface area contributed by atoms with E-state index < -0.39 is 0 Å². The first-order chi connectivity index (χ1) is 9.56. The normalized spacial score (nSPS) is 17.1. The maximum Gasteiger partial charge on any atom is 0.104 e. The molecule has 0 spiro atoms. The van der Waals surface area contributed by atoms with Gasteiger partial charge in [0.25, 0.3) is 0 Å². The summed E-state index contributed by atoms with van der Waals surface area (Å²) in [5.74, 6) is 0.597. The highest BCUT2D eigenvalue weighted by atomic mass is 35.5. The highest BCUT2D eigenvalue weighted by Crippen LogP contribution is 2.23. The van der Waals surface area contributed by atoms with E-state index in [0.29, 0.717) is 15.9 Å². The van der Waals surface area contributed by atoms with Crippen molar-refractivity contribution < 1.29 is 0 Å². The number of likely N-dealkylation sites (tertiary alicyclic amines) is 1. The van der Waals surface area contributed by atoms with Crippen molar-refractivity contribution >= 4 is 34.5 Å². The zero-order valence-corrected chi connectivity index (χ0v) is 13.4. The van der Waals surface area contributed by atoms with Crippen LogP contribution in [0.4, 0.5) is 5.69 Å². The molecule has 1 atom stereocenters. The molecule has 3 N–H and O–H groups in total. The molecule has 1 unspecified atom stereocenters. The molecule has 0 aromatic heterocycles. The first-order valence-electron chi connectivity index (χ1n) is 7.12. The number of hydrogen-bond donors (Lipinski definition) is 2. The third-order valence-corrected chi connectivity index (χ3v) is 4.21. The molecule has 0 amide bonds. The highest BCUT2D eigenvalue weighted by Gasteiger charge is 2.14. The van der Waals surface area contributed by atoms with Crippen molar-refractivity contribution in [2.45, 2.75) is 19.8 Å². The van der Waals surface area contributed by atoms with Crippen molar-refractivity contribution in [1.82, 2.24) is 4.90 Å². The molecule has 3 nitrogen and oxygen atoms in total. The molecule has 1 aromatic rings. The predicted octanol–water partition coefficient (Wildman–Crippen LogP) is 3.12. The van der Waals surface area contributed by atoms with Gasteiger partial charge >= 0.3 is 0 Å². The average molecular weight is 312 g/mol. The van der Waals surface area contributed by atoms with E-state index >= 15 is 0 Å². The minimum Gasteiger partial charge on any atom is -0.389 e. The fraction of sp³-hybridized carbons (Fsp3) is 0.533. The molecule has 20 heavy (non-hydrogen) atoms. The van der Waals surface area contributed by atoms with Crippen LogP contribution in [0.15, 0.2) is 18.2 Å². The molecule has 110 valence electrons. The molecule has 5 heteroatoms. The second-order valence-corrected chi connectivity index (χ2v) is 6.40. The summed E-state index contributed by atoms with van der Waals surface area (Å²) in [4.78, 5) is 2.91. The van der Waals surface area contributed by atoms with Crippen molar-refractivity contribution in [3.8, 4) is 0 Å². The summed E-state index contributed by atoms with van der Waals surface area (Å²) >= 11 is 11.2. The molecule has 1 aliphatic heterocycles. The standard InChI is InChI=1S/C15H22ClN3S/c1-11(10-19-6-2-3-7-19)9-18-14-5-4-12(15(17)20)8-13(14)16/h4-5,8,11,18H,2-3,6-7,9-10H2,1H3,(H2,17,20). The molecule has 1 heterocycles. The van der Waals surface area contributed by atoms with E-state index in [2.05, 4.69) is 17.1 Å². The number of nitrogens with two attached hydrogens (primary N) is 1. The van der Waals surface area contributed by atoms with Crippen LogP contribution in [0, 0.1) is 5.92 Å². The van der Waals surface area contributed by atoms with Crippen LogP contribution in [0.3, 0.4) is 0 Å². The number of thiocarbonyl (C=S) groups is 1. The molecule has 0 saturated carbocycles. The van der Waals surface area contributed by atoms with Gasteiger partial charge in [0.15, 0.2) is 0 Å². The second kappa shape index (κ2) is 7.25. The number of rotatable bonds is 6. The Morgan fingerprint density at radius 1 is 1.45 bits per heavy atom. The van der Waals surface area contributed by atoms with Gasteiger partial charge in [0.2, 0.25) is 0 Å².